The first-order valence-electron chi connectivity index (χ1n) is 7.43. The molecular weight excluding hydrogens is 264 g/mol. The zero-order chi connectivity index (χ0) is 16.0. The van der Waals surface area contributed by atoms with Crippen LogP contribution in [0.3, 0.4) is 0 Å². The fourth-order valence-corrected chi connectivity index (χ4v) is 2.06. The Labute approximate surface area is 127 Å². The predicted octanol–water partition coefficient (Wildman–Crippen LogP) is 3.22. The maximum Gasteiger partial charge on any atom is 0.239 e. The minimum atomic E-state index is -1.08. The van der Waals surface area contributed by atoms with E-state index in [2.05, 4.69) is 12.2 Å². The van der Waals surface area contributed by atoms with Crippen molar-refractivity contribution >= 4 is 17.5 Å². The largest absolute Gasteiger partial charge is 0.345 e. The molecule has 0 atom stereocenters. The van der Waals surface area contributed by atoms with Gasteiger partial charge in [-0.1, -0.05) is 31.5 Å². The SMILES string of the molecule is CCCCN(C)C(=O)C(C)(C)C(=O)Nc1ccccc1C. The molecule has 2 amide bonds. The van der Waals surface area contributed by atoms with Crippen LogP contribution < -0.4 is 5.32 Å². The van der Waals surface area contributed by atoms with Gasteiger partial charge in [-0.05, 0) is 38.8 Å². The topological polar surface area (TPSA) is 49.4 Å². The molecule has 0 saturated carbocycles. The number of carbonyl (C=O) groups excluding carboxylic acids is 2. The molecular formula is C17H26N2O2. The summed E-state index contributed by atoms with van der Waals surface area (Å²) in [5.74, 6) is -0.424. The van der Waals surface area contributed by atoms with Crippen LogP contribution in [-0.2, 0) is 9.59 Å². The number of benzene rings is 1. The lowest BCUT2D eigenvalue weighted by atomic mass is 9.90. The molecule has 1 N–H and O–H groups in total. The Bertz CT molecular complexity index is 509. The molecule has 1 aromatic carbocycles. The third-order valence-corrected chi connectivity index (χ3v) is 3.69. The van der Waals surface area contributed by atoms with Crippen LogP contribution in [0.2, 0.25) is 0 Å². The smallest absolute Gasteiger partial charge is 0.239 e. The van der Waals surface area contributed by atoms with Crippen LogP contribution in [0.4, 0.5) is 5.69 Å². The lowest BCUT2D eigenvalue weighted by Gasteiger charge is -2.28. The van der Waals surface area contributed by atoms with E-state index in [4.69, 9.17) is 0 Å². The highest BCUT2D eigenvalue weighted by Crippen LogP contribution is 2.23. The van der Waals surface area contributed by atoms with Crippen LogP contribution in [0.5, 0.6) is 0 Å². The Kier molecular flexibility index (Phi) is 5.94. The van der Waals surface area contributed by atoms with Crippen molar-refractivity contribution in [2.24, 2.45) is 5.41 Å². The molecule has 0 aliphatic carbocycles. The number of hydrogen-bond acceptors (Lipinski definition) is 2. The van der Waals surface area contributed by atoms with Gasteiger partial charge >= 0.3 is 0 Å². The summed E-state index contributed by atoms with van der Waals surface area (Å²) in [6.07, 6.45) is 1.96. The number of nitrogens with one attached hydrogen (secondary N) is 1. The number of amides is 2. The van der Waals surface area contributed by atoms with Crippen LogP contribution in [0.15, 0.2) is 24.3 Å². The summed E-state index contributed by atoms with van der Waals surface area (Å²) in [5, 5.41) is 2.86. The van der Waals surface area contributed by atoms with Crippen LogP contribution in [0.25, 0.3) is 0 Å². The van der Waals surface area contributed by atoms with Crippen molar-refractivity contribution in [2.75, 3.05) is 18.9 Å². The fraction of sp³-hybridized carbons (Fsp3) is 0.529. The van der Waals surface area contributed by atoms with Crippen molar-refractivity contribution in [3.05, 3.63) is 29.8 Å². The number of rotatable bonds is 6. The van der Waals surface area contributed by atoms with Gasteiger partial charge in [0.2, 0.25) is 11.8 Å². The van der Waals surface area contributed by atoms with E-state index >= 15 is 0 Å². The molecule has 0 heterocycles. The Morgan fingerprint density at radius 2 is 1.86 bits per heavy atom. The Morgan fingerprint density at radius 1 is 1.24 bits per heavy atom. The van der Waals surface area contributed by atoms with Crippen molar-refractivity contribution in [2.45, 2.75) is 40.5 Å². The summed E-state index contributed by atoms with van der Waals surface area (Å²) in [4.78, 5) is 26.5. The van der Waals surface area contributed by atoms with Gasteiger partial charge in [-0.3, -0.25) is 9.59 Å². The molecule has 0 fully saturated rings. The molecule has 0 saturated heterocycles. The highest BCUT2D eigenvalue weighted by molar-refractivity contribution is 6.10. The van der Waals surface area contributed by atoms with E-state index in [1.807, 2.05) is 31.2 Å². The zero-order valence-corrected chi connectivity index (χ0v) is 13.7. The first kappa shape index (κ1) is 17.2. The van der Waals surface area contributed by atoms with Crippen LogP contribution >= 0.6 is 0 Å². The molecule has 0 aliphatic rings. The number of carbonyl (C=O) groups is 2. The molecule has 1 aromatic rings. The number of anilines is 1. The van der Waals surface area contributed by atoms with Gasteiger partial charge in [0, 0.05) is 19.3 Å². The third kappa shape index (κ3) is 4.31. The summed E-state index contributed by atoms with van der Waals surface area (Å²) >= 11 is 0. The van der Waals surface area contributed by atoms with Crippen LogP contribution in [0.1, 0.15) is 39.2 Å². The van der Waals surface area contributed by atoms with Gasteiger partial charge in [0.05, 0.1) is 0 Å². The van der Waals surface area contributed by atoms with E-state index in [0.29, 0.717) is 6.54 Å². The van der Waals surface area contributed by atoms with Crippen molar-refractivity contribution in [1.29, 1.82) is 0 Å². The molecule has 0 spiro atoms. The predicted molar refractivity (Wildman–Crippen MR) is 86.1 cm³/mol. The van der Waals surface area contributed by atoms with Gasteiger partial charge in [-0.2, -0.15) is 0 Å². The Hall–Kier alpha value is -1.84. The summed E-state index contributed by atoms with van der Waals surface area (Å²) in [7, 11) is 1.75. The second kappa shape index (κ2) is 7.25. The van der Waals surface area contributed by atoms with Crippen LogP contribution in [-0.4, -0.2) is 30.3 Å². The minimum Gasteiger partial charge on any atom is -0.345 e. The van der Waals surface area contributed by atoms with Crippen molar-refractivity contribution < 1.29 is 9.59 Å². The second-order valence-electron chi connectivity index (χ2n) is 5.97. The molecule has 1 rings (SSSR count). The fourth-order valence-electron chi connectivity index (χ4n) is 2.06. The monoisotopic (exact) mass is 290 g/mol. The quantitative estimate of drug-likeness (QED) is 0.818. The lowest BCUT2D eigenvalue weighted by Crippen LogP contribution is -2.46. The third-order valence-electron chi connectivity index (χ3n) is 3.69. The first-order valence-corrected chi connectivity index (χ1v) is 7.43. The number of aryl methyl sites for hydroxylation is 1. The molecule has 4 nitrogen and oxygen atoms in total. The van der Waals surface area contributed by atoms with Gasteiger partial charge in [-0.15, -0.1) is 0 Å². The van der Waals surface area contributed by atoms with Gasteiger partial charge in [0.25, 0.3) is 0 Å². The summed E-state index contributed by atoms with van der Waals surface area (Å²) in [6.45, 7) is 8.03. The molecule has 4 heteroatoms. The summed E-state index contributed by atoms with van der Waals surface area (Å²) < 4.78 is 0. The summed E-state index contributed by atoms with van der Waals surface area (Å²) in [5.41, 5.74) is 0.651. The standard InChI is InChI=1S/C17H26N2O2/c1-6-7-12-19(5)16(21)17(3,4)15(20)18-14-11-9-8-10-13(14)2/h8-11H,6-7,12H2,1-5H3,(H,18,20). The van der Waals surface area contributed by atoms with Gasteiger partial charge in [-0.25, -0.2) is 0 Å². The van der Waals surface area contributed by atoms with E-state index in [9.17, 15) is 9.59 Å². The number of hydrogen-bond donors (Lipinski definition) is 1. The molecule has 0 radical (unpaired) electrons. The van der Waals surface area contributed by atoms with E-state index in [1.54, 1.807) is 25.8 Å². The van der Waals surface area contributed by atoms with Gasteiger partial charge in [0.1, 0.15) is 5.41 Å². The highest BCUT2D eigenvalue weighted by Gasteiger charge is 2.38. The molecule has 0 aromatic heterocycles. The van der Waals surface area contributed by atoms with Crippen LogP contribution in [0, 0.1) is 12.3 Å². The zero-order valence-electron chi connectivity index (χ0n) is 13.7. The molecule has 0 bridgehead atoms. The number of unbranched alkanes of at least 4 members (excludes halogenated alkanes) is 1. The number of para-hydroxylation sites is 1. The molecule has 21 heavy (non-hydrogen) atoms. The Morgan fingerprint density at radius 3 is 2.43 bits per heavy atom. The van der Waals surface area contributed by atoms with E-state index < -0.39 is 5.41 Å². The first-order chi connectivity index (χ1) is 9.80. The Balaban J connectivity index is 2.79. The van der Waals surface area contributed by atoms with Gasteiger partial charge in [0.15, 0.2) is 0 Å². The molecule has 0 aliphatic heterocycles. The van der Waals surface area contributed by atoms with Crippen molar-refractivity contribution in [1.82, 2.24) is 4.90 Å². The van der Waals surface area contributed by atoms with E-state index in [1.165, 1.54) is 0 Å². The maximum atomic E-state index is 12.5. The number of nitrogens with zero attached hydrogens (tertiary/aromatic N) is 1. The molecule has 0 unspecified atom stereocenters. The highest BCUT2D eigenvalue weighted by atomic mass is 16.2. The van der Waals surface area contributed by atoms with Gasteiger partial charge < -0.3 is 10.2 Å². The lowest BCUT2D eigenvalue weighted by molar-refractivity contribution is -0.145. The van der Waals surface area contributed by atoms with E-state index in [-0.39, 0.29) is 11.8 Å². The summed E-state index contributed by atoms with van der Waals surface area (Å²) in [6, 6.07) is 7.55. The van der Waals surface area contributed by atoms with Crippen molar-refractivity contribution in [3.8, 4) is 0 Å². The average molecular weight is 290 g/mol. The van der Waals surface area contributed by atoms with Crippen molar-refractivity contribution in [3.63, 3.8) is 0 Å². The second-order valence-corrected chi connectivity index (χ2v) is 5.97. The minimum absolute atomic E-state index is 0.151. The average Bonchev–Trinajstić information content (AvgIpc) is 2.46. The maximum absolute atomic E-state index is 12.5. The molecule has 116 valence electrons. The normalized spacial score (nSPS) is 11.1. The van der Waals surface area contributed by atoms with E-state index in [0.717, 1.165) is 24.1 Å².